The molecule has 0 spiro atoms. The summed E-state index contributed by atoms with van der Waals surface area (Å²) in [5.41, 5.74) is -0.176. The number of pyridine rings is 1. The molecule has 0 saturated carbocycles. The first-order valence-electron chi connectivity index (χ1n) is 4.87. The Balaban J connectivity index is 2.79. The van der Waals surface area contributed by atoms with Crippen LogP contribution >= 0.6 is 15.9 Å². The first kappa shape index (κ1) is 13.6. The molecular weight excluding hydrogens is 274 g/mol. The summed E-state index contributed by atoms with van der Waals surface area (Å²) in [5, 5.41) is 10.2. The molecule has 1 rings (SSSR count). The van der Waals surface area contributed by atoms with Crippen LogP contribution in [0, 0.1) is 0 Å². The van der Waals surface area contributed by atoms with Crippen molar-refractivity contribution in [2.75, 3.05) is 14.2 Å². The summed E-state index contributed by atoms with van der Waals surface area (Å²) in [4.78, 5) is 4.04. The van der Waals surface area contributed by atoms with E-state index in [9.17, 15) is 5.11 Å². The number of methoxy groups -OCH3 is 2. The van der Waals surface area contributed by atoms with E-state index in [0.29, 0.717) is 6.42 Å². The number of halogens is 1. The summed E-state index contributed by atoms with van der Waals surface area (Å²) in [7, 11) is 3.00. The molecule has 16 heavy (non-hydrogen) atoms. The zero-order chi connectivity index (χ0) is 12.2. The van der Waals surface area contributed by atoms with Crippen molar-refractivity contribution in [1.82, 2.24) is 4.98 Å². The zero-order valence-electron chi connectivity index (χ0n) is 9.61. The average Bonchev–Trinajstić information content (AvgIpc) is 2.18. The summed E-state index contributed by atoms with van der Waals surface area (Å²) in [6.07, 6.45) is 3.15. The van der Waals surface area contributed by atoms with Crippen molar-refractivity contribution in [2.24, 2.45) is 0 Å². The minimum absolute atomic E-state index is 0.409. The van der Waals surface area contributed by atoms with Crippen molar-refractivity contribution in [3.05, 3.63) is 28.5 Å². The lowest BCUT2D eigenvalue weighted by atomic mass is 9.97. The Hall–Kier alpha value is -0.490. The second kappa shape index (κ2) is 5.72. The molecule has 1 aromatic rings. The predicted octanol–water partition coefficient (Wildman–Crippen LogP) is 1.76. The second-order valence-corrected chi connectivity index (χ2v) is 4.76. The number of hydrogen-bond donors (Lipinski definition) is 1. The standard InChI is InChI=1S/C11H16BrNO3/c1-11(14,10(15-2)16-3)5-8-4-9(12)7-13-6-8/h4,6-7,10,14H,5H2,1-3H3. The number of aliphatic hydroxyl groups is 1. The molecule has 1 N–H and O–H groups in total. The zero-order valence-corrected chi connectivity index (χ0v) is 11.2. The lowest BCUT2D eigenvalue weighted by Gasteiger charge is -2.30. The molecule has 5 heteroatoms. The molecule has 0 radical (unpaired) electrons. The normalized spacial score (nSPS) is 15.1. The largest absolute Gasteiger partial charge is 0.385 e. The van der Waals surface area contributed by atoms with E-state index in [1.54, 1.807) is 19.3 Å². The monoisotopic (exact) mass is 289 g/mol. The highest BCUT2D eigenvalue weighted by Gasteiger charge is 2.32. The smallest absolute Gasteiger partial charge is 0.185 e. The quantitative estimate of drug-likeness (QED) is 0.840. The first-order valence-corrected chi connectivity index (χ1v) is 5.66. The van der Waals surface area contributed by atoms with E-state index in [-0.39, 0.29) is 0 Å². The van der Waals surface area contributed by atoms with Crippen LogP contribution in [0.5, 0.6) is 0 Å². The molecule has 1 heterocycles. The number of nitrogens with zero attached hydrogens (tertiary/aromatic N) is 1. The van der Waals surface area contributed by atoms with Crippen LogP contribution in [-0.4, -0.2) is 36.2 Å². The van der Waals surface area contributed by atoms with Crippen LogP contribution < -0.4 is 0 Å². The third kappa shape index (κ3) is 3.52. The molecule has 1 atom stereocenters. The predicted molar refractivity (Wildman–Crippen MR) is 64.1 cm³/mol. The summed E-state index contributed by atoms with van der Waals surface area (Å²) < 4.78 is 11.0. The van der Waals surface area contributed by atoms with Crippen LogP contribution in [0.1, 0.15) is 12.5 Å². The van der Waals surface area contributed by atoms with E-state index in [4.69, 9.17) is 9.47 Å². The highest BCUT2D eigenvalue weighted by Crippen LogP contribution is 2.21. The fraction of sp³-hybridized carbons (Fsp3) is 0.545. The fourth-order valence-corrected chi connectivity index (χ4v) is 2.07. The van der Waals surface area contributed by atoms with E-state index >= 15 is 0 Å². The Labute approximate surface area is 104 Å². The van der Waals surface area contributed by atoms with Crippen LogP contribution in [0.4, 0.5) is 0 Å². The maximum Gasteiger partial charge on any atom is 0.185 e. The lowest BCUT2D eigenvalue weighted by molar-refractivity contribution is -0.207. The van der Waals surface area contributed by atoms with Crippen LogP contribution in [0.15, 0.2) is 22.9 Å². The molecule has 0 aliphatic heterocycles. The molecule has 0 amide bonds. The molecule has 4 nitrogen and oxygen atoms in total. The van der Waals surface area contributed by atoms with E-state index in [1.807, 2.05) is 6.07 Å². The second-order valence-electron chi connectivity index (χ2n) is 3.85. The van der Waals surface area contributed by atoms with Crippen molar-refractivity contribution in [3.8, 4) is 0 Å². The molecule has 0 aliphatic carbocycles. The topological polar surface area (TPSA) is 51.6 Å². The van der Waals surface area contributed by atoms with Gasteiger partial charge >= 0.3 is 0 Å². The van der Waals surface area contributed by atoms with Gasteiger partial charge in [0, 0.05) is 37.5 Å². The summed E-state index contributed by atoms with van der Waals surface area (Å²) in [6, 6.07) is 1.91. The van der Waals surface area contributed by atoms with Crippen LogP contribution in [0.3, 0.4) is 0 Å². The first-order chi connectivity index (χ1) is 7.49. The third-order valence-electron chi connectivity index (χ3n) is 2.26. The van der Waals surface area contributed by atoms with Crippen molar-refractivity contribution < 1.29 is 14.6 Å². The minimum atomic E-state index is -1.09. The maximum absolute atomic E-state index is 10.2. The Bertz CT molecular complexity index is 340. The fourth-order valence-electron chi connectivity index (χ4n) is 1.65. The molecule has 0 bridgehead atoms. The van der Waals surface area contributed by atoms with Gasteiger partial charge in [-0.1, -0.05) is 0 Å². The van der Waals surface area contributed by atoms with Crippen LogP contribution in [0.2, 0.25) is 0 Å². The molecule has 1 aromatic heterocycles. The van der Waals surface area contributed by atoms with Gasteiger partial charge in [-0.25, -0.2) is 0 Å². The van der Waals surface area contributed by atoms with Gasteiger partial charge in [0.15, 0.2) is 6.29 Å². The SMILES string of the molecule is COC(OC)C(C)(O)Cc1cncc(Br)c1. The van der Waals surface area contributed by atoms with Gasteiger partial charge in [-0.2, -0.15) is 0 Å². The number of hydrogen-bond acceptors (Lipinski definition) is 4. The molecule has 1 unspecified atom stereocenters. The van der Waals surface area contributed by atoms with E-state index in [1.165, 1.54) is 14.2 Å². The van der Waals surface area contributed by atoms with Gasteiger partial charge in [-0.3, -0.25) is 4.98 Å². The van der Waals surface area contributed by atoms with Crippen LogP contribution in [0.25, 0.3) is 0 Å². The van der Waals surface area contributed by atoms with Gasteiger partial charge in [0.25, 0.3) is 0 Å². The van der Waals surface area contributed by atoms with Crippen molar-refractivity contribution >= 4 is 15.9 Å². The third-order valence-corrected chi connectivity index (χ3v) is 2.69. The Morgan fingerprint density at radius 2 is 2.06 bits per heavy atom. The average molecular weight is 290 g/mol. The number of ether oxygens (including phenoxy) is 2. The lowest BCUT2D eigenvalue weighted by Crippen LogP contribution is -2.43. The molecule has 0 aromatic carbocycles. The van der Waals surface area contributed by atoms with Gasteiger partial charge in [0.05, 0.1) is 0 Å². The van der Waals surface area contributed by atoms with Crippen LogP contribution in [-0.2, 0) is 15.9 Å². The van der Waals surface area contributed by atoms with Crippen molar-refractivity contribution in [1.29, 1.82) is 0 Å². The summed E-state index contributed by atoms with van der Waals surface area (Å²) >= 11 is 3.33. The van der Waals surface area contributed by atoms with Gasteiger partial charge in [0.1, 0.15) is 5.60 Å². The van der Waals surface area contributed by atoms with Crippen molar-refractivity contribution in [2.45, 2.75) is 25.2 Å². The maximum atomic E-state index is 10.2. The van der Waals surface area contributed by atoms with Gasteiger partial charge in [-0.05, 0) is 34.5 Å². The molecule has 90 valence electrons. The Morgan fingerprint density at radius 3 is 2.56 bits per heavy atom. The molecular formula is C11H16BrNO3. The number of aromatic nitrogens is 1. The minimum Gasteiger partial charge on any atom is -0.385 e. The Kier molecular flexibility index (Phi) is 4.86. The van der Waals surface area contributed by atoms with E-state index in [0.717, 1.165) is 10.0 Å². The van der Waals surface area contributed by atoms with E-state index in [2.05, 4.69) is 20.9 Å². The summed E-state index contributed by atoms with van der Waals surface area (Å²) in [6.45, 7) is 1.67. The number of rotatable bonds is 5. The van der Waals surface area contributed by atoms with Gasteiger partial charge < -0.3 is 14.6 Å². The molecule has 0 fully saturated rings. The van der Waals surface area contributed by atoms with Gasteiger partial charge in [-0.15, -0.1) is 0 Å². The molecule has 0 aliphatic rings. The van der Waals surface area contributed by atoms with Crippen molar-refractivity contribution in [3.63, 3.8) is 0 Å². The molecule has 0 saturated heterocycles. The Morgan fingerprint density at radius 1 is 1.44 bits per heavy atom. The van der Waals surface area contributed by atoms with E-state index < -0.39 is 11.9 Å². The van der Waals surface area contributed by atoms with Gasteiger partial charge in [0.2, 0.25) is 0 Å². The highest BCUT2D eigenvalue weighted by atomic mass is 79.9. The summed E-state index contributed by atoms with van der Waals surface area (Å²) in [5.74, 6) is 0. The highest BCUT2D eigenvalue weighted by molar-refractivity contribution is 9.10.